The first-order chi connectivity index (χ1) is 31.3. The SMILES string of the molecule is c1ccc(-c2ccc(N(c3ccc4c(c3)-c3ccccc3C4(c3ccccc3)c3ccccc3)c3ccc4oc5ccccc5c4c3-c3ccccc3-c3ccccc3)cc2)cc1. The summed E-state index contributed by atoms with van der Waals surface area (Å²) in [6, 6.07) is 90.2. The molecule has 63 heavy (non-hydrogen) atoms. The molecule has 10 aromatic carbocycles. The Bertz CT molecular complexity index is 3390. The molecule has 12 rings (SSSR count). The van der Waals surface area contributed by atoms with E-state index in [1.807, 2.05) is 0 Å². The van der Waals surface area contributed by atoms with Crippen LogP contribution >= 0.6 is 0 Å². The van der Waals surface area contributed by atoms with E-state index in [0.717, 1.165) is 61.3 Å². The maximum Gasteiger partial charge on any atom is 0.136 e. The minimum atomic E-state index is -0.496. The number of rotatable bonds is 8. The molecule has 1 aromatic heterocycles. The second kappa shape index (κ2) is 15.1. The highest BCUT2D eigenvalue weighted by atomic mass is 16.3. The molecular formula is C61H41NO. The Kier molecular flexibility index (Phi) is 8.76. The summed E-state index contributed by atoms with van der Waals surface area (Å²) in [7, 11) is 0. The molecule has 1 aliphatic rings. The fourth-order valence-corrected chi connectivity index (χ4v) is 10.3. The van der Waals surface area contributed by atoms with Crippen LogP contribution in [-0.2, 0) is 5.41 Å². The highest BCUT2D eigenvalue weighted by Crippen LogP contribution is 2.58. The average molecular weight is 804 g/mol. The maximum atomic E-state index is 6.66. The molecule has 0 radical (unpaired) electrons. The molecular weight excluding hydrogens is 763 g/mol. The fraction of sp³-hybridized carbons (Fsp3) is 0.0164. The number of hydrogen-bond donors (Lipinski definition) is 0. The van der Waals surface area contributed by atoms with Crippen LogP contribution in [0.15, 0.2) is 253 Å². The minimum Gasteiger partial charge on any atom is -0.456 e. The summed E-state index contributed by atoms with van der Waals surface area (Å²) in [4.78, 5) is 2.46. The van der Waals surface area contributed by atoms with Gasteiger partial charge in [0.05, 0.1) is 11.1 Å². The van der Waals surface area contributed by atoms with Gasteiger partial charge in [0.15, 0.2) is 0 Å². The lowest BCUT2D eigenvalue weighted by Crippen LogP contribution is -2.28. The van der Waals surface area contributed by atoms with E-state index in [1.54, 1.807) is 0 Å². The van der Waals surface area contributed by atoms with Crippen LogP contribution in [0.3, 0.4) is 0 Å². The van der Waals surface area contributed by atoms with Gasteiger partial charge in [0.1, 0.15) is 11.2 Å². The number of furan rings is 1. The van der Waals surface area contributed by atoms with E-state index < -0.39 is 5.41 Å². The highest BCUT2D eigenvalue weighted by molar-refractivity contribution is 6.17. The Morgan fingerprint density at radius 2 is 0.857 bits per heavy atom. The summed E-state index contributed by atoms with van der Waals surface area (Å²) >= 11 is 0. The van der Waals surface area contributed by atoms with Gasteiger partial charge in [-0.25, -0.2) is 0 Å². The van der Waals surface area contributed by atoms with E-state index in [2.05, 4.69) is 254 Å². The number of nitrogens with zero attached hydrogens (tertiary/aromatic N) is 1. The van der Waals surface area contributed by atoms with Crippen LogP contribution in [0.4, 0.5) is 17.1 Å². The van der Waals surface area contributed by atoms with Crippen molar-refractivity contribution in [2.75, 3.05) is 4.90 Å². The number of anilines is 3. The Morgan fingerprint density at radius 1 is 0.333 bits per heavy atom. The Balaban J connectivity index is 1.16. The van der Waals surface area contributed by atoms with Crippen LogP contribution in [0.2, 0.25) is 0 Å². The lowest BCUT2D eigenvalue weighted by molar-refractivity contribution is 0.669. The predicted molar refractivity (Wildman–Crippen MR) is 262 cm³/mol. The molecule has 296 valence electrons. The largest absolute Gasteiger partial charge is 0.456 e. The third-order valence-electron chi connectivity index (χ3n) is 13.0. The summed E-state index contributed by atoms with van der Waals surface area (Å²) in [6.07, 6.45) is 0. The van der Waals surface area contributed by atoms with Gasteiger partial charge in [0.2, 0.25) is 0 Å². The molecule has 0 saturated heterocycles. The van der Waals surface area contributed by atoms with Crippen molar-refractivity contribution in [1.29, 1.82) is 0 Å². The highest BCUT2D eigenvalue weighted by Gasteiger charge is 2.46. The molecule has 1 aliphatic carbocycles. The minimum absolute atomic E-state index is 0.496. The molecule has 0 fully saturated rings. The van der Waals surface area contributed by atoms with Gasteiger partial charge >= 0.3 is 0 Å². The molecule has 0 bridgehead atoms. The average Bonchev–Trinajstić information content (AvgIpc) is 3.89. The normalized spacial score (nSPS) is 12.6. The summed E-state index contributed by atoms with van der Waals surface area (Å²) < 4.78 is 6.66. The summed E-state index contributed by atoms with van der Waals surface area (Å²) in [5, 5.41) is 2.18. The van der Waals surface area contributed by atoms with Crippen molar-refractivity contribution in [3.05, 3.63) is 271 Å². The summed E-state index contributed by atoms with van der Waals surface area (Å²) in [5.74, 6) is 0. The van der Waals surface area contributed by atoms with Crippen LogP contribution in [0.5, 0.6) is 0 Å². The zero-order chi connectivity index (χ0) is 41.7. The van der Waals surface area contributed by atoms with Crippen molar-refractivity contribution in [1.82, 2.24) is 0 Å². The van der Waals surface area contributed by atoms with E-state index >= 15 is 0 Å². The van der Waals surface area contributed by atoms with Gasteiger partial charge in [-0.3, -0.25) is 0 Å². The van der Waals surface area contributed by atoms with Crippen molar-refractivity contribution < 1.29 is 4.42 Å². The third-order valence-corrected chi connectivity index (χ3v) is 13.0. The summed E-state index contributed by atoms with van der Waals surface area (Å²) in [5.41, 5.74) is 18.9. The number of hydrogen-bond acceptors (Lipinski definition) is 2. The first-order valence-corrected chi connectivity index (χ1v) is 21.7. The topological polar surface area (TPSA) is 16.4 Å². The van der Waals surface area contributed by atoms with Crippen molar-refractivity contribution >= 4 is 39.0 Å². The first kappa shape index (κ1) is 36.6. The van der Waals surface area contributed by atoms with E-state index in [0.29, 0.717) is 0 Å². The molecule has 0 saturated carbocycles. The van der Waals surface area contributed by atoms with Gasteiger partial charge in [-0.2, -0.15) is 0 Å². The zero-order valence-electron chi connectivity index (χ0n) is 34.5. The van der Waals surface area contributed by atoms with Gasteiger partial charge in [0, 0.05) is 27.7 Å². The van der Waals surface area contributed by atoms with Crippen LogP contribution in [0, 0.1) is 0 Å². The van der Waals surface area contributed by atoms with E-state index in [1.165, 1.54) is 44.5 Å². The van der Waals surface area contributed by atoms with Crippen LogP contribution in [0.1, 0.15) is 22.3 Å². The molecule has 1 heterocycles. The standard InChI is InChI=1S/C61H41NO/c1-5-19-42(20-6-1)43-33-35-47(36-34-43)62(48-37-38-55-53(41-48)50-28-15-17-31-54(50)61(55,45-23-9-3-10-24-45)46-25-11-4-12-26-46)56-39-40-58-60(52-30-16-18-32-57(52)63-58)59(56)51-29-14-13-27-49(51)44-21-7-2-8-22-44/h1-41H. The summed E-state index contributed by atoms with van der Waals surface area (Å²) in [6.45, 7) is 0. The van der Waals surface area contributed by atoms with E-state index in [-0.39, 0.29) is 0 Å². The quantitative estimate of drug-likeness (QED) is 0.152. The second-order valence-corrected chi connectivity index (χ2v) is 16.3. The van der Waals surface area contributed by atoms with Gasteiger partial charge in [-0.1, -0.05) is 206 Å². The molecule has 0 spiro atoms. The predicted octanol–water partition coefficient (Wildman–Crippen LogP) is 16.4. The lowest BCUT2D eigenvalue weighted by atomic mass is 9.68. The van der Waals surface area contributed by atoms with Crippen LogP contribution < -0.4 is 4.90 Å². The van der Waals surface area contributed by atoms with Crippen molar-refractivity contribution in [3.8, 4) is 44.5 Å². The van der Waals surface area contributed by atoms with Crippen molar-refractivity contribution in [3.63, 3.8) is 0 Å². The zero-order valence-corrected chi connectivity index (χ0v) is 34.5. The molecule has 0 unspecified atom stereocenters. The Labute approximate surface area is 367 Å². The van der Waals surface area contributed by atoms with Crippen molar-refractivity contribution in [2.45, 2.75) is 5.41 Å². The molecule has 0 N–H and O–H groups in total. The molecule has 11 aromatic rings. The smallest absolute Gasteiger partial charge is 0.136 e. The molecule has 0 aliphatic heterocycles. The molecule has 2 nitrogen and oxygen atoms in total. The number of para-hydroxylation sites is 1. The number of benzene rings is 10. The van der Waals surface area contributed by atoms with Gasteiger partial charge < -0.3 is 9.32 Å². The van der Waals surface area contributed by atoms with Gasteiger partial charge in [0.25, 0.3) is 0 Å². The van der Waals surface area contributed by atoms with Gasteiger partial charge in [-0.15, -0.1) is 0 Å². The van der Waals surface area contributed by atoms with E-state index in [4.69, 9.17) is 4.42 Å². The fourth-order valence-electron chi connectivity index (χ4n) is 10.3. The Hall–Kier alpha value is -8.20. The molecule has 0 amide bonds. The van der Waals surface area contributed by atoms with E-state index in [9.17, 15) is 0 Å². The van der Waals surface area contributed by atoms with Gasteiger partial charge in [-0.05, 0) is 104 Å². The Morgan fingerprint density at radius 3 is 1.56 bits per heavy atom. The molecule has 0 atom stereocenters. The van der Waals surface area contributed by atoms with Crippen LogP contribution in [-0.4, -0.2) is 0 Å². The first-order valence-electron chi connectivity index (χ1n) is 21.7. The maximum absolute atomic E-state index is 6.66. The number of fused-ring (bicyclic) bond motifs is 6. The lowest BCUT2D eigenvalue weighted by Gasteiger charge is -2.34. The third kappa shape index (κ3) is 5.87. The monoisotopic (exact) mass is 803 g/mol. The van der Waals surface area contributed by atoms with Crippen LogP contribution in [0.25, 0.3) is 66.4 Å². The second-order valence-electron chi connectivity index (χ2n) is 16.3. The van der Waals surface area contributed by atoms with Crippen molar-refractivity contribution in [2.24, 2.45) is 0 Å². The molecule has 2 heteroatoms.